The van der Waals surface area contributed by atoms with Crippen LogP contribution in [0.4, 0.5) is 0 Å². The molecule has 0 N–H and O–H groups in total. The highest BCUT2D eigenvalue weighted by atomic mass is 32.2. The minimum Gasteiger partial charge on any atom is -0.309 e. The molecule has 0 saturated heterocycles. The first-order valence-electron chi connectivity index (χ1n) is 8.89. The molecular weight excluding hydrogens is 348 g/mol. The van der Waals surface area contributed by atoms with E-state index in [4.69, 9.17) is 3.87 Å². The van der Waals surface area contributed by atoms with E-state index in [9.17, 15) is 8.42 Å². The Morgan fingerprint density at radius 2 is 1.04 bits per heavy atom. The van der Waals surface area contributed by atoms with Crippen LogP contribution in [-0.4, -0.2) is 16.7 Å². The first-order chi connectivity index (χ1) is 10.8. The van der Waals surface area contributed by atoms with Gasteiger partial charge in [0.25, 0.3) is 10.1 Å². The van der Waals surface area contributed by atoms with E-state index >= 15 is 0 Å². The Balaban J connectivity index is 3.70. The summed E-state index contributed by atoms with van der Waals surface area (Å²) in [5, 5.41) is -0.764. The quantitative estimate of drug-likeness (QED) is 0.570. The zero-order valence-corrected chi connectivity index (χ0v) is 19.7. The van der Waals surface area contributed by atoms with E-state index in [0.29, 0.717) is 0 Å². The Morgan fingerprint density at radius 1 is 0.720 bits per heavy atom. The van der Waals surface area contributed by atoms with Gasteiger partial charge in [-0.1, -0.05) is 68.4 Å². The van der Waals surface area contributed by atoms with Crippen molar-refractivity contribution >= 4 is 18.4 Å². The Hall–Kier alpha value is -0.653. The predicted molar refractivity (Wildman–Crippen MR) is 109 cm³/mol. The van der Waals surface area contributed by atoms with Gasteiger partial charge in [0.2, 0.25) is 8.32 Å². The maximum Gasteiger partial charge on any atom is 0.287 e. The molecule has 1 rings (SSSR count). The summed E-state index contributed by atoms with van der Waals surface area (Å²) in [6.07, 6.45) is 0. The van der Waals surface area contributed by atoms with Gasteiger partial charge in [0.1, 0.15) is 0 Å². The molecule has 144 valence electrons. The van der Waals surface area contributed by atoms with Crippen LogP contribution in [-0.2, 0) is 14.0 Å². The molecule has 0 radical (unpaired) electrons. The minimum absolute atomic E-state index is 0.255. The average molecular weight is 385 g/mol. The van der Waals surface area contributed by atoms with Crippen LogP contribution in [0.1, 0.15) is 73.4 Å². The second-order valence-electron chi connectivity index (χ2n) is 10.3. The lowest BCUT2D eigenvalue weighted by atomic mass is 10.2. The Labute approximate surface area is 156 Å². The third kappa shape index (κ3) is 4.20. The minimum atomic E-state index is -3.85. The summed E-state index contributed by atoms with van der Waals surface area (Å²) in [6.45, 7) is 22.9. The molecule has 1 aromatic carbocycles. The van der Waals surface area contributed by atoms with Crippen molar-refractivity contribution in [3.8, 4) is 0 Å². The molecule has 1 aromatic rings. The molecule has 0 aliphatic carbocycles. The Kier molecular flexibility index (Phi) is 5.82. The summed E-state index contributed by atoms with van der Waals surface area (Å²) in [7, 11) is -6.69. The van der Waals surface area contributed by atoms with Crippen molar-refractivity contribution in [3.05, 3.63) is 29.3 Å². The lowest BCUT2D eigenvalue weighted by Crippen LogP contribution is -2.61. The van der Waals surface area contributed by atoms with E-state index in [0.717, 1.165) is 11.1 Å². The molecule has 0 saturated carbocycles. The highest BCUT2D eigenvalue weighted by Crippen LogP contribution is 2.63. The maximum absolute atomic E-state index is 13.3. The molecule has 25 heavy (non-hydrogen) atoms. The summed E-state index contributed by atoms with van der Waals surface area (Å²) in [6, 6.07) is 5.38. The molecule has 0 aromatic heterocycles. The van der Waals surface area contributed by atoms with Crippen LogP contribution >= 0.6 is 0 Å². The average Bonchev–Trinajstić information content (AvgIpc) is 2.30. The third-order valence-electron chi connectivity index (χ3n) is 4.89. The molecule has 0 amide bonds. The van der Waals surface area contributed by atoms with Crippen LogP contribution in [0.3, 0.4) is 0 Å². The number of rotatable bonds is 3. The first-order valence-corrected chi connectivity index (χ1v) is 12.2. The zero-order chi connectivity index (χ0) is 20.1. The smallest absolute Gasteiger partial charge is 0.287 e. The lowest BCUT2D eigenvalue weighted by Gasteiger charge is -2.56. The maximum atomic E-state index is 13.3. The van der Waals surface area contributed by atoms with E-state index in [1.54, 1.807) is 12.1 Å². The van der Waals surface area contributed by atoms with Gasteiger partial charge in [-0.25, -0.2) is 0 Å². The molecule has 3 nitrogen and oxygen atoms in total. The summed E-state index contributed by atoms with van der Waals surface area (Å²) in [5.41, 5.74) is 1.86. The SMILES string of the molecule is Cc1cc(C)cc(S(=O)(=O)O[Si](C(C)(C)C)(C(C)(C)C)C(C)(C)C)c1. The molecule has 0 atom stereocenters. The van der Waals surface area contributed by atoms with E-state index in [1.807, 2.05) is 19.9 Å². The highest BCUT2D eigenvalue weighted by molar-refractivity contribution is 7.88. The van der Waals surface area contributed by atoms with Gasteiger partial charge >= 0.3 is 0 Å². The van der Waals surface area contributed by atoms with Gasteiger partial charge in [-0.3, -0.25) is 0 Å². The van der Waals surface area contributed by atoms with Crippen LogP contribution in [0.5, 0.6) is 0 Å². The summed E-state index contributed by atoms with van der Waals surface area (Å²) in [5.74, 6) is 0. The number of hydrogen-bond acceptors (Lipinski definition) is 3. The van der Waals surface area contributed by atoms with Crippen molar-refractivity contribution in [2.75, 3.05) is 0 Å². The van der Waals surface area contributed by atoms with Gasteiger partial charge in [0.15, 0.2) is 0 Å². The van der Waals surface area contributed by atoms with Crippen molar-refractivity contribution in [1.82, 2.24) is 0 Å². The van der Waals surface area contributed by atoms with Gasteiger partial charge in [-0.15, -0.1) is 0 Å². The topological polar surface area (TPSA) is 43.4 Å². The zero-order valence-electron chi connectivity index (χ0n) is 17.9. The fourth-order valence-corrected chi connectivity index (χ4v) is 17.2. The van der Waals surface area contributed by atoms with Crippen molar-refractivity contribution in [2.45, 2.75) is 96.2 Å². The van der Waals surface area contributed by atoms with E-state index in [1.165, 1.54) is 0 Å². The van der Waals surface area contributed by atoms with Crippen molar-refractivity contribution < 1.29 is 12.3 Å². The lowest BCUT2D eigenvalue weighted by molar-refractivity contribution is 0.368. The molecule has 0 heterocycles. The van der Waals surface area contributed by atoms with E-state index in [2.05, 4.69) is 62.3 Å². The number of benzene rings is 1. The van der Waals surface area contributed by atoms with Gasteiger partial charge in [-0.2, -0.15) is 8.42 Å². The molecule has 0 aliphatic heterocycles. The Morgan fingerprint density at radius 3 is 1.32 bits per heavy atom. The summed E-state index contributed by atoms with van der Waals surface area (Å²) < 4.78 is 32.9. The Bertz CT molecular complexity index is 673. The van der Waals surface area contributed by atoms with E-state index < -0.39 is 18.4 Å². The standard InChI is InChI=1S/C20H36O3SSi/c1-15-12-16(2)14-17(13-15)24(21,22)23-25(18(3,4)5,19(6,7)8)20(9,10)11/h12-14H,1-11H3. The number of aryl methyl sites for hydroxylation is 2. The van der Waals surface area contributed by atoms with Crippen molar-refractivity contribution in [1.29, 1.82) is 0 Å². The molecule has 0 bridgehead atoms. The molecule has 0 unspecified atom stereocenters. The van der Waals surface area contributed by atoms with Crippen LogP contribution in [0, 0.1) is 13.8 Å². The van der Waals surface area contributed by atoms with Crippen molar-refractivity contribution in [3.63, 3.8) is 0 Å². The van der Waals surface area contributed by atoms with Crippen LogP contribution < -0.4 is 0 Å². The second-order valence-corrected chi connectivity index (χ2v) is 18.2. The van der Waals surface area contributed by atoms with Crippen LogP contribution in [0.15, 0.2) is 23.1 Å². The first kappa shape index (κ1) is 22.4. The highest BCUT2D eigenvalue weighted by Gasteiger charge is 2.64. The molecule has 0 fully saturated rings. The third-order valence-corrected chi connectivity index (χ3v) is 13.9. The molecule has 0 aliphatic rings. The van der Waals surface area contributed by atoms with Crippen LogP contribution in [0.2, 0.25) is 15.1 Å². The number of hydrogen-bond donors (Lipinski definition) is 0. The molecule has 0 spiro atoms. The fourth-order valence-electron chi connectivity index (χ4n) is 5.04. The van der Waals surface area contributed by atoms with E-state index in [-0.39, 0.29) is 20.0 Å². The summed E-state index contributed by atoms with van der Waals surface area (Å²) in [4.78, 5) is 0.264. The van der Waals surface area contributed by atoms with Gasteiger partial charge in [0.05, 0.1) is 4.90 Å². The molecular formula is C20H36O3SSi. The fraction of sp³-hybridized carbons (Fsp3) is 0.700. The van der Waals surface area contributed by atoms with Gasteiger partial charge < -0.3 is 3.87 Å². The van der Waals surface area contributed by atoms with Gasteiger partial charge in [-0.05, 0) is 52.2 Å². The predicted octanol–water partition coefficient (Wildman–Crippen LogP) is 6.35. The normalized spacial score (nSPS) is 14.7. The van der Waals surface area contributed by atoms with Crippen LogP contribution in [0.25, 0.3) is 0 Å². The second kappa shape index (κ2) is 6.50. The van der Waals surface area contributed by atoms with Crippen molar-refractivity contribution in [2.24, 2.45) is 0 Å². The monoisotopic (exact) mass is 384 g/mol. The van der Waals surface area contributed by atoms with Gasteiger partial charge in [0, 0.05) is 0 Å². The summed E-state index contributed by atoms with van der Waals surface area (Å²) >= 11 is 0. The molecule has 5 heteroatoms. The largest absolute Gasteiger partial charge is 0.309 e.